The summed E-state index contributed by atoms with van der Waals surface area (Å²) >= 11 is 0. The molecule has 0 unspecified atom stereocenters. The lowest BCUT2D eigenvalue weighted by Crippen LogP contribution is -2.29. The monoisotopic (exact) mass is 251 g/mol. The van der Waals surface area contributed by atoms with Gasteiger partial charge < -0.3 is 15.8 Å². The topological polar surface area (TPSA) is 77.2 Å². The molecule has 0 aliphatic heterocycles. The van der Waals surface area contributed by atoms with E-state index >= 15 is 0 Å². The van der Waals surface area contributed by atoms with E-state index < -0.39 is 0 Å². The number of hydrogen-bond acceptors (Lipinski definition) is 4. The third-order valence-electron chi connectivity index (χ3n) is 2.48. The number of carbonyl (C=O) groups is 1. The van der Waals surface area contributed by atoms with E-state index in [-0.39, 0.29) is 12.5 Å². The van der Waals surface area contributed by atoms with Crippen LogP contribution in [0.1, 0.15) is 31.2 Å². The first-order chi connectivity index (χ1) is 8.67. The number of nitrogens with zero attached hydrogens (tertiary/aromatic N) is 1. The second-order valence-electron chi connectivity index (χ2n) is 4.09. The second-order valence-corrected chi connectivity index (χ2v) is 4.09. The molecular weight excluding hydrogens is 230 g/mol. The van der Waals surface area contributed by atoms with E-state index in [1.165, 1.54) is 0 Å². The summed E-state index contributed by atoms with van der Waals surface area (Å²) in [4.78, 5) is 15.7. The Labute approximate surface area is 108 Å². The minimum absolute atomic E-state index is 0.00144. The first kappa shape index (κ1) is 14.4. The van der Waals surface area contributed by atoms with Crippen molar-refractivity contribution in [3.05, 3.63) is 23.5 Å². The Bertz CT molecular complexity index is 394. The zero-order valence-corrected chi connectivity index (χ0v) is 11.0. The van der Waals surface area contributed by atoms with Gasteiger partial charge in [0.25, 0.3) is 5.91 Å². The van der Waals surface area contributed by atoms with E-state index in [4.69, 9.17) is 10.5 Å². The Kier molecular flexibility index (Phi) is 6.14. The number of hydrogen-bond donors (Lipinski definition) is 2. The van der Waals surface area contributed by atoms with E-state index in [1.54, 1.807) is 6.07 Å². The van der Waals surface area contributed by atoms with Crippen molar-refractivity contribution in [2.75, 3.05) is 13.2 Å². The molecule has 0 aliphatic rings. The summed E-state index contributed by atoms with van der Waals surface area (Å²) in [7, 11) is 0. The summed E-state index contributed by atoms with van der Waals surface area (Å²) in [5.41, 5.74) is 7.14. The van der Waals surface area contributed by atoms with Gasteiger partial charge in [-0.1, -0.05) is 13.3 Å². The lowest BCUT2D eigenvalue weighted by Gasteiger charge is -2.10. The molecule has 1 aromatic rings. The molecule has 0 spiro atoms. The number of aryl methyl sites for hydroxylation is 1. The van der Waals surface area contributed by atoms with Crippen LogP contribution in [0.5, 0.6) is 5.75 Å². The van der Waals surface area contributed by atoms with Crippen LogP contribution in [0.15, 0.2) is 12.1 Å². The fraction of sp³-hybridized carbons (Fsp3) is 0.538. The molecule has 0 fully saturated rings. The van der Waals surface area contributed by atoms with Gasteiger partial charge in [-0.25, -0.2) is 0 Å². The summed E-state index contributed by atoms with van der Waals surface area (Å²) in [6, 6.07) is 3.63. The van der Waals surface area contributed by atoms with Crippen molar-refractivity contribution in [2.45, 2.75) is 33.2 Å². The number of carbonyl (C=O) groups excluding carboxylic acids is 1. The minimum atomic E-state index is -0.119. The van der Waals surface area contributed by atoms with Crippen molar-refractivity contribution < 1.29 is 9.53 Å². The highest BCUT2D eigenvalue weighted by atomic mass is 16.5. The molecule has 0 saturated heterocycles. The highest BCUT2D eigenvalue weighted by Crippen LogP contribution is 2.15. The molecule has 0 radical (unpaired) electrons. The van der Waals surface area contributed by atoms with Gasteiger partial charge in [-0.2, -0.15) is 0 Å². The molecule has 0 saturated carbocycles. The average Bonchev–Trinajstić information content (AvgIpc) is 2.37. The molecule has 0 aliphatic carbocycles. The number of nitrogens with two attached hydrogens (primary N) is 1. The summed E-state index contributed by atoms with van der Waals surface area (Å²) in [6.45, 7) is 4.96. The summed E-state index contributed by atoms with van der Waals surface area (Å²) in [6.07, 6.45) is 2.03. The lowest BCUT2D eigenvalue weighted by atomic mass is 10.3. The fourth-order valence-electron chi connectivity index (χ4n) is 1.47. The van der Waals surface area contributed by atoms with Crippen LogP contribution in [0.25, 0.3) is 0 Å². The quantitative estimate of drug-likeness (QED) is 0.712. The first-order valence-corrected chi connectivity index (χ1v) is 6.23. The molecule has 0 bridgehead atoms. The van der Waals surface area contributed by atoms with Gasteiger partial charge >= 0.3 is 0 Å². The van der Waals surface area contributed by atoms with Crippen molar-refractivity contribution in [3.8, 4) is 5.75 Å². The summed E-state index contributed by atoms with van der Waals surface area (Å²) in [5.74, 6) is 0.459. The number of ether oxygens (including phenoxy) is 1. The van der Waals surface area contributed by atoms with Gasteiger partial charge in [0.2, 0.25) is 0 Å². The van der Waals surface area contributed by atoms with E-state index in [0.29, 0.717) is 24.5 Å². The maximum Gasteiger partial charge on any atom is 0.257 e. The van der Waals surface area contributed by atoms with Gasteiger partial charge in [0.05, 0.1) is 5.69 Å². The normalized spacial score (nSPS) is 10.2. The van der Waals surface area contributed by atoms with Gasteiger partial charge in [0.1, 0.15) is 5.75 Å². The maximum absolute atomic E-state index is 11.5. The minimum Gasteiger partial charge on any atom is -0.482 e. The van der Waals surface area contributed by atoms with Crippen LogP contribution in [0.2, 0.25) is 0 Å². The van der Waals surface area contributed by atoms with Gasteiger partial charge in [-0.05, 0) is 25.5 Å². The summed E-state index contributed by atoms with van der Waals surface area (Å²) < 4.78 is 5.42. The van der Waals surface area contributed by atoms with Gasteiger partial charge in [0, 0.05) is 18.8 Å². The molecule has 3 N–H and O–H groups in total. The third-order valence-corrected chi connectivity index (χ3v) is 2.48. The molecule has 100 valence electrons. The van der Waals surface area contributed by atoms with Crippen LogP contribution < -0.4 is 15.8 Å². The predicted molar refractivity (Wildman–Crippen MR) is 70.3 cm³/mol. The van der Waals surface area contributed by atoms with E-state index in [2.05, 4.69) is 17.2 Å². The zero-order valence-electron chi connectivity index (χ0n) is 11.0. The third kappa shape index (κ3) is 4.71. The van der Waals surface area contributed by atoms with Crippen LogP contribution in [0, 0.1) is 6.92 Å². The number of pyridine rings is 1. The maximum atomic E-state index is 11.5. The van der Waals surface area contributed by atoms with Crippen LogP contribution in [0.4, 0.5) is 0 Å². The van der Waals surface area contributed by atoms with Gasteiger partial charge in [-0.3, -0.25) is 9.78 Å². The van der Waals surface area contributed by atoms with Gasteiger partial charge in [-0.15, -0.1) is 0 Å². The fourth-order valence-corrected chi connectivity index (χ4v) is 1.47. The number of unbranched alkanes of at least 4 members (excludes halogenated alkanes) is 1. The molecule has 1 heterocycles. The number of amides is 1. The average molecular weight is 251 g/mol. The highest BCUT2D eigenvalue weighted by molar-refractivity contribution is 5.77. The van der Waals surface area contributed by atoms with Crippen LogP contribution in [-0.2, 0) is 11.3 Å². The van der Waals surface area contributed by atoms with Crippen molar-refractivity contribution in [2.24, 2.45) is 5.73 Å². The SMILES string of the molecule is CCCCNC(=O)COc1ccc(C)nc1CN. The van der Waals surface area contributed by atoms with Crippen molar-refractivity contribution in [3.63, 3.8) is 0 Å². The largest absolute Gasteiger partial charge is 0.482 e. The van der Waals surface area contributed by atoms with Crippen LogP contribution >= 0.6 is 0 Å². The Hall–Kier alpha value is -1.62. The van der Waals surface area contributed by atoms with Crippen LogP contribution in [0.3, 0.4) is 0 Å². The van der Waals surface area contributed by atoms with Crippen molar-refractivity contribution in [1.29, 1.82) is 0 Å². The van der Waals surface area contributed by atoms with Crippen LogP contribution in [-0.4, -0.2) is 24.0 Å². The molecule has 1 amide bonds. The second kappa shape index (κ2) is 7.66. The van der Waals surface area contributed by atoms with Gasteiger partial charge in [0.15, 0.2) is 6.61 Å². The highest BCUT2D eigenvalue weighted by Gasteiger charge is 2.07. The molecule has 1 aromatic heterocycles. The standard InChI is InChI=1S/C13H21N3O2/c1-3-4-7-15-13(17)9-18-12-6-5-10(2)16-11(12)8-14/h5-6H,3-4,7-9,14H2,1-2H3,(H,15,17). The number of rotatable bonds is 7. The molecule has 5 heteroatoms. The predicted octanol–water partition coefficient (Wildman–Crippen LogP) is 1.14. The smallest absolute Gasteiger partial charge is 0.257 e. The Balaban J connectivity index is 2.45. The van der Waals surface area contributed by atoms with Crippen molar-refractivity contribution >= 4 is 5.91 Å². The molecule has 1 rings (SSSR count). The van der Waals surface area contributed by atoms with E-state index in [9.17, 15) is 4.79 Å². The first-order valence-electron chi connectivity index (χ1n) is 6.23. The Morgan fingerprint density at radius 1 is 1.50 bits per heavy atom. The summed E-state index contributed by atoms with van der Waals surface area (Å²) in [5, 5.41) is 2.79. The molecule has 5 nitrogen and oxygen atoms in total. The Morgan fingerprint density at radius 3 is 2.94 bits per heavy atom. The molecule has 0 aromatic carbocycles. The molecule has 0 atom stereocenters. The zero-order chi connectivity index (χ0) is 13.4. The number of aromatic nitrogens is 1. The van der Waals surface area contributed by atoms with Crippen molar-refractivity contribution in [1.82, 2.24) is 10.3 Å². The van der Waals surface area contributed by atoms with E-state index in [0.717, 1.165) is 18.5 Å². The molecular formula is C13H21N3O2. The Morgan fingerprint density at radius 2 is 2.28 bits per heavy atom. The number of nitrogens with one attached hydrogen (secondary N) is 1. The van der Waals surface area contributed by atoms with E-state index in [1.807, 2.05) is 13.0 Å². The lowest BCUT2D eigenvalue weighted by molar-refractivity contribution is -0.123. The molecule has 18 heavy (non-hydrogen) atoms.